The summed E-state index contributed by atoms with van der Waals surface area (Å²) in [6.45, 7) is 0.456. The van der Waals surface area contributed by atoms with E-state index in [1.807, 2.05) is 6.07 Å². The summed E-state index contributed by atoms with van der Waals surface area (Å²) >= 11 is 11.8. The Morgan fingerprint density at radius 3 is 2.75 bits per heavy atom. The molecule has 1 aromatic carbocycles. The Hall–Kier alpha value is -2.57. The highest BCUT2D eigenvalue weighted by molar-refractivity contribution is 6.42. The highest BCUT2D eigenvalue weighted by atomic mass is 35.5. The molecular weight excluding hydrogens is 351 g/mol. The molecular formula is C16H12Cl2N4O2. The van der Waals surface area contributed by atoms with Gasteiger partial charge in [-0.25, -0.2) is 9.97 Å². The molecule has 0 bridgehead atoms. The second kappa shape index (κ2) is 7.33. The van der Waals surface area contributed by atoms with Crippen LogP contribution in [-0.2, 0) is 6.54 Å². The van der Waals surface area contributed by atoms with E-state index in [9.17, 15) is 4.79 Å². The number of hydrogen-bond acceptors (Lipinski definition) is 5. The van der Waals surface area contributed by atoms with Crippen LogP contribution in [0.25, 0.3) is 0 Å². The van der Waals surface area contributed by atoms with Gasteiger partial charge in [-0.3, -0.25) is 4.79 Å². The average Bonchev–Trinajstić information content (AvgIpc) is 3.10. The molecule has 8 heteroatoms. The number of hydrogen-bond donors (Lipinski definition) is 2. The van der Waals surface area contributed by atoms with E-state index in [4.69, 9.17) is 27.6 Å². The molecule has 122 valence electrons. The summed E-state index contributed by atoms with van der Waals surface area (Å²) in [6.07, 6.45) is 2.90. The van der Waals surface area contributed by atoms with E-state index in [1.165, 1.54) is 6.33 Å². The molecule has 0 fully saturated rings. The van der Waals surface area contributed by atoms with E-state index < -0.39 is 0 Å². The molecule has 2 aromatic heterocycles. The Morgan fingerprint density at radius 1 is 1.12 bits per heavy atom. The first-order valence-corrected chi connectivity index (χ1v) is 7.72. The molecule has 0 unspecified atom stereocenters. The number of aromatic nitrogens is 2. The van der Waals surface area contributed by atoms with Crippen LogP contribution in [0.4, 0.5) is 11.5 Å². The Labute approximate surface area is 147 Å². The number of anilines is 2. The molecule has 2 N–H and O–H groups in total. The van der Waals surface area contributed by atoms with Gasteiger partial charge in [0.1, 0.15) is 23.6 Å². The number of rotatable bonds is 5. The van der Waals surface area contributed by atoms with E-state index in [1.54, 1.807) is 36.6 Å². The summed E-state index contributed by atoms with van der Waals surface area (Å²) in [7, 11) is 0. The quantitative estimate of drug-likeness (QED) is 0.709. The van der Waals surface area contributed by atoms with Crippen molar-refractivity contribution in [3.8, 4) is 0 Å². The van der Waals surface area contributed by atoms with Gasteiger partial charge in [0.25, 0.3) is 5.91 Å². The zero-order chi connectivity index (χ0) is 16.9. The van der Waals surface area contributed by atoms with E-state index in [-0.39, 0.29) is 11.6 Å². The molecule has 0 saturated heterocycles. The van der Waals surface area contributed by atoms with Crippen LogP contribution >= 0.6 is 23.2 Å². The van der Waals surface area contributed by atoms with Crippen molar-refractivity contribution in [3.63, 3.8) is 0 Å². The largest absolute Gasteiger partial charge is 0.467 e. The van der Waals surface area contributed by atoms with Crippen LogP contribution in [0.15, 0.2) is 53.4 Å². The van der Waals surface area contributed by atoms with E-state index in [0.29, 0.717) is 28.1 Å². The van der Waals surface area contributed by atoms with Crippen LogP contribution in [0.5, 0.6) is 0 Å². The lowest BCUT2D eigenvalue weighted by Crippen LogP contribution is -2.14. The minimum Gasteiger partial charge on any atom is -0.467 e. The summed E-state index contributed by atoms with van der Waals surface area (Å²) < 4.78 is 5.22. The van der Waals surface area contributed by atoms with Gasteiger partial charge in [-0.05, 0) is 30.3 Å². The molecule has 0 saturated carbocycles. The highest BCUT2D eigenvalue weighted by Gasteiger charge is 2.10. The van der Waals surface area contributed by atoms with Gasteiger partial charge < -0.3 is 15.1 Å². The predicted molar refractivity (Wildman–Crippen MR) is 92.5 cm³/mol. The Balaban J connectivity index is 1.68. The summed E-state index contributed by atoms with van der Waals surface area (Å²) in [4.78, 5) is 20.3. The topological polar surface area (TPSA) is 80.0 Å². The van der Waals surface area contributed by atoms with Crippen molar-refractivity contribution in [2.45, 2.75) is 6.54 Å². The normalized spacial score (nSPS) is 10.4. The molecule has 0 spiro atoms. The first-order chi connectivity index (χ1) is 11.6. The van der Waals surface area contributed by atoms with Crippen LogP contribution in [0.2, 0.25) is 10.0 Å². The third kappa shape index (κ3) is 4.04. The van der Waals surface area contributed by atoms with Gasteiger partial charge in [0.2, 0.25) is 0 Å². The van der Waals surface area contributed by atoms with Crippen molar-refractivity contribution in [3.05, 3.63) is 70.5 Å². The molecule has 0 atom stereocenters. The number of benzene rings is 1. The van der Waals surface area contributed by atoms with E-state index in [0.717, 1.165) is 5.76 Å². The zero-order valence-corrected chi connectivity index (χ0v) is 13.8. The molecule has 24 heavy (non-hydrogen) atoms. The predicted octanol–water partition coefficient (Wildman–Crippen LogP) is 4.24. The molecule has 0 aliphatic rings. The summed E-state index contributed by atoms with van der Waals surface area (Å²) in [6, 6.07) is 10.0. The van der Waals surface area contributed by atoms with Gasteiger partial charge in [-0.15, -0.1) is 0 Å². The van der Waals surface area contributed by atoms with Gasteiger partial charge in [-0.1, -0.05) is 23.2 Å². The Morgan fingerprint density at radius 2 is 2.00 bits per heavy atom. The van der Waals surface area contributed by atoms with Crippen molar-refractivity contribution in [2.24, 2.45) is 0 Å². The van der Waals surface area contributed by atoms with Gasteiger partial charge in [0, 0.05) is 11.8 Å². The number of nitrogens with one attached hydrogen (secondary N) is 2. The average molecular weight is 363 g/mol. The van der Waals surface area contributed by atoms with E-state index in [2.05, 4.69) is 20.6 Å². The van der Waals surface area contributed by atoms with Gasteiger partial charge >= 0.3 is 0 Å². The minimum atomic E-state index is -0.378. The maximum atomic E-state index is 12.3. The zero-order valence-electron chi connectivity index (χ0n) is 12.3. The number of carbonyl (C=O) groups is 1. The lowest BCUT2D eigenvalue weighted by molar-refractivity contribution is 0.102. The van der Waals surface area contributed by atoms with Crippen molar-refractivity contribution >= 4 is 40.6 Å². The Bertz CT molecular complexity index is 853. The lowest BCUT2D eigenvalue weighted by Gasteiger charge is -2.07. The van der Waals surface area contributed by atoms with Gasteiger partial charge in [-0.2, -0.15) is 0 Å². The maximum absolute atomic E-state index is 12.3. The number of halogens is 2. The molecule has 2 heterocycles. The first-order valence-electron chi connectivity index (χ1n) is 6.96. The van der Waals surface area contributed by atoms with Crippen LogP contribution in [0.1, 0.15) is 16.2 Å². The SMILES string of the molecule is O=C(Nc1ccc(Cl)c(Cl)c1)c1cc(NCc2ccco2)ncn1. The molecule has 3 rings (SSSR count). The number of nitrogens with zero attached hydrogens (tertiary/aromatic N) is 2. The number of amides is 1. The number of carbonyl (C=O) groups excluding carboxylic acids is 1. The van der Waals surface area contributed by atoms with Gasteiger partial charge in [0.15, 0.2) is 0 Å². The third-order valence-corrected chi connectivity index (χ3v) is 3.84. The van der Waals surface area contributed by atoms with Crippen molar-refractivity contribution in [1.82, 2.24) is 9.97 Å². The van der Waals surface area contributed by atoms with Crippen LogP contribution < -0.4 is 10.6 Å². The standard InChI is InChI=1S/C16H12Cl2N4O2/c17-12-4-3-10(6-13(12)18)22-16(23)14-7-15(21-9-20-14)19-8-11-2-1-5-24-11/h1-7,9H,8H2,(H,22,23)(H,19,20,21). The monoisotopic (exact) mass is 362 g/mol. The summed E-state index contributed by atoms with van der Waals surface area (Å²) in [5.41, 5.74) is 0.746. The first kappa shape index (κ1) is 16.3. The highest BCUT2D eigenvalue weighted by Crippen LogP contribution is 2.25. The molecule has 3 aromatic rings. The Kier molecular flexibility index (Phi) is 4.98. The summed E-state index contributed by atoms with van der Waals surface area (Å²) in [5, 5.41) is 6.54. The fourth-order valence-corrected chi connectivity index (χ4v) is 2.24. The third-order valence-electron chi connectivity index (χ3n) is 3.10. The van der Waals surface area contributed by atoms with Crippen molar-refractivity contribution in [1.29, 1.82) is 0 Å². The van der Waals surface area contributed by atoms with Crippen LogP contribution in [0, 0.1) is 0 Å². The summed E-state index contributed by atoms with van der Waals surface area (Å²) in [5.74, 6) is 0.896. The van der Waals surface area contributed by atoms with Gasteiger partial charge in [0.05, 0.1) is 22.9 Å². The lowest BCUT2D eigenvalue weighted by atomic mass is 10.3. The minimum absolute atomic E-state index is 0.220. The second-order valence-corrected chi connectivity index (χ2v) is 5.62. The van der Waals surface area contributed by atoms with Crippen LogP contribution in [0.3, 0.4) is 0 Å². The smallest absolute Gasteiger partial charge is 0.274 e. The number of furan rings is 1. The van der Waals surface area contributed by atoms with Crippen molar-refractivity contribution < 1.29 is 9.21 Å². The molecule has 0 radical (unpaired) electrons. The van der Waals surface area contributed by atoms with Crippen LogP contribution in [-0.4, -0.2) is 15.9 Å². The second-order valence-electron chi connectivity index (χ2n) is 4.80. The maximum Gasteiger partial charge on any atom is 0.274 e. The molecule has 0 aliphatic carbocycles. The van der Waals surface area contributed by atoms with Crippen molar-refractivity contribution in [2.75, 3.05) is 10.6 Å². The molecule has 0 aliphatic heterocycles. The fourth-order valence-electron chi connectivity index (χ4n) is 1.94. The van der Waals surface area contributed by atoms with E-state index >= 15 is 0 Å². The molecule has 6 nitrogen and oxygen atoms in total. The molecule has 1 amide bonds. The fraction of sp³-hybridized carbons (Fsp3) is 0.0625.